The van der Waals surface area contributed by atoms with Crippen LogP contribution >= 0.6 is 15.9 Å². The number of hydrogen-bond donors (Lipinski definition) is 1. The number of nitrogens with two attached hydrogens (primary N) is 1. The third-order valence-corrected chi connectivity index (χ3v) is 4.38. The largest absolute Gasteiger partial charge is 0.398 e. The fourth-order valence-corrected chi connectivity index (χ4v) is 2.96. The van der Waals surface area contributed by atoms with Crippen molar-refractivity contribution in [3.8, 4) is 0 Å². The first-order valence-corrected chi connectivity index (χ1v) is 7.46. The van der Waals surface area contributed by atoms with Gasteiger partial charge in [-0.2, -0.15) is 0 Å². The van der Waals surface area contributed by atoms with Crippen LogP contribution in [0.3, 0.4) is 0 Å². The van der Waals surface area contributed by atoms with Crippen molar-refractivity contribution < 1.29 is 4.79 Å². The van der Waals surface area contributed by atoms with Gasteiger partial charge in [0.15, 0.2) is 5.78 Å². The molecule has 0 amide bonds. The lowest BCUT2D eigenvalue weighted by molar-refractivity contribution is 0.104. The highest BCUT2D eigenvalue weighted by Crippen LogP contribution is 2.29. The minimum absolute atomic E-state index is 0.0418. The number of nitrogen functional groups attached to an aromatic ring is 1. The van der Waals surface area contributed by atoms with E-state index < -0.39 is 0 Å². The summed E-state index contributed by atoms with van der Waals surface area (Å²) in [6.07, 6.45) is 0. The van der Waals surface area contributed by atoms with Gasteiger partial charge in [-0.15, -0.1) is 0 Å². The number of aryl methyl sites for hydroxylation is 1. The smallest absolute Gasteiger partial charge is 0.195 e. The van der Waals surface area contributed by atoms with Gasteiger partial charge in [-0.25, -0.2) is 0 Å². The van der Waals surface area contributed by atoms with Crippen molar-refractivity contribution in [1.29, 1.82) is 0 Å². The van der Waals surface area contributed by atoms with Crippen LogP contribution in [-0.4, -0.2) is 5.78 Å². The Morgan fingerprint density at radius 1 is 0.905 bits per heavy atom. The lowest BCUT2D eigenvalue weighted by atomic mass is 9.95. The molecule has 0 aliphatic rings. The molecular formula is C18H14BrNO. The number of carbonyl (C=O) groups is 1. The van der Waals surface area contributed by atoms with E-state index in [1.54, 1.807) is 6.07 Å². The van der Waals surface area contributed by atoms with Crippen molar-refractivity contribution >= 4 is 38.2 Å². The number of para-hydroxylation sites is 1. The Morgan fingerprint density at radius 2 is 1.62 bits per heavy atom. The maximum Gasteiger partial charge on any atom is 0.195 e. The molecule has 2 N–H and O–H groups in total. The van der Waals surface area contributed by atoms with Gasteiger partial charge in [0.1, 0.15) is 0 Å². The van der Waals surface area contributed by atoms with E-state index in [9.17, 15) is 4.79 Å². The molecule has 0 fully saturated rings. The molecule has 3 rings (SSSR count). The Morgan fingerprint density at radius 3 is 2.38 bits per heavy atom. The second kappa shape index (κ2) is 5.34. The predicted octanol–water partition coefficient (Wildman–Crippen LogP) is 4.72. The van der Waals surface area contributed by atoms with Gasteiger partial charge in [0.25, 0.3) is 0 Å². The first-order chi connectivity index (χ1) is 10.1. The predicted molar refractivity (Wildman–Crippen MR) is 90.7 cm³/mol. The summed E-state index contributed by atoms with van der Waals surface area (Å²) in [7, 11) is 0. The molecule has 0 saturated heterocycles. The summed E-state index contributed by atoms with van der Waals surface area (Å²) in [5.41, 5.74) is 8.76. The van der Waals surface area contributed by atoms with Crippen LogP contribution in [0.2, 0.25) is 0 Å². The molecule has 0 saturated carbocycles. The summed E-state index contributed by atoms with van der Waals surface area (Å²) in [6.45, 7) is 1.91. The molecule has 0 radical (unpaired) electrons. The van der Waals surface area contributed by atoms with E-state index in [0.29, 0.717) is 16.8 Å². The first-order valence-electron chi connectivity index (χ1n) is 6.66. The van der Waals surface area contributed by atoms with Gasteiger partial charge in [0.2, 0.25) is 0 Å². The average molecular weight is 340 g/mol. The van der Waals surface area contributed by atoms with E-state index in [1.807, 2.05) is 55.5 Å². The molecule has 2 nitrogen and oxygen atoms in total. The Bertz CT molecular complexity index is 855. The first kappa shape index (κ1) is 13.8. The van der Waals surface area contributed by atoms with Crippen molar-refractivity contribution in [2.24, 2.45) is 0 Å². The van der Waals surface area contributed by atoms with E-state index >= 15 is 0 Å². The highest BCUT2D eigenvalue weighted by molar-refractivity contribution is 9.10. The maximum absolute atomic E-state index is 12.8. The average Bonchev–Trinajstić information content (AvgIpc) is 2.50. The number of hydrogen-bond acceptors (Lipinski definition) is 2. The molecule has 0 bridgehead atoms. The molecule has 104 valence electrons. The van der Waals surface area contributed by atoms with Crippen molar-refractivity contribution in [3.63, 3.8) is 0 Å². The van der Waals surface area contributed by atoms with Crippen LogP contribution in [0.1, 0.15) is 21.5 Å². The summed E-state index contributed by atoms with van der Waals surface area (Å²) in [5, 5.41) is 1.95. The molecule has 3 aromatic rings. The summed E-state index contributed by atoms with van der Waals surface area (Å²) < 4.78 is 0.979. The summed E-state index contributed by atoms with van der Waals surface area (Å²) >= 11 is 3.53. The molecule has 0 spiro atoms. The Hall–Kier alpha value is -2.13. The van der Waals surface area contributed by atoms with E-state index in [2.05, 4.69) is 15.9 Å². The molecule has 3 heteroatoms. The summed E-state index contributed by atoms with van der Waals surface area (Å²) in [6, 6.07) is 17.1. The number of rotatable bonds is 2. The number of ketones is 1. The zero-order chi connectivity index (χ0) is 15.0. The summed E-state index contributed by atoms with van der Waals surface area (Å²) in [5.74, 6) is -0.0418. The highest BCUT2D eigenvalue weighted by atomic mass is 79.9. The quantitative estimate of drug-likeness (QED) is 0.542. The van der Waals surface area contributed by atoms with Crippen molar-refractivity contribution in [2.75, 3.05) is 5.73 Å². The lowest BCUT2D eigenvalue weighted by Crippen LogP contribution is -2.07. The van der Waals surface area contributed by atoms with Gasteiger partial charge in [-0.1, -0.05) is 52.3 Å². The van der Waals surface area contributed by atoms with Gasteiger partial charge >= 0.3 is 0 Å². The van der Waals surface area contributed by atoms with E-state index in [0.717, 1.165) is 20.8 Å². The van der Waals surface area contributed by atoms with Crippen LogP contribution in [0.25, 0.3) is 10.8 Å². The molecule has 0 aliphatic heterocycles. The Kier molecular flexibility index (Phi) is 3.52. The number of halogens is 1. The number of fused-ring (bicyclic) bond motifs is 1. The van der Waals surface area contributed by atoms with Crippen LogP contribution in [0.15, 0.2) is 59.1 Å². The molecule has 3 aromatic carbocycles. The van der Waals surface area contributed by atoms with Gasteiger partial charge in [-0.3, -0.25) is 4.79 Å². The molecule has 0 aliphatic carbocycles. The van der Waals surface area contributed by atoms with Gasteiger partial charge in [0.05, 0.1) is 0 Å². The van der Waals surface area contributed by atoms with Crippen LogP contribution in [0.5, 0.6) is 0 Å². The van der Waals surface area contributed by atoms with Crippen LogP contribution < -0.4 is 5.73 Å². The van der Waals surface area contributed by atoms with Gasteiger partial charge in [-0.05, 0) is 41.5 Å². The van der Waals surface area contributed by atoms with Crippen LogP contribution in [-0.2, 0) is 0 Å². The van der Waals surface area contributed by atoms with Gasteiger partial charge < -0.3 is 5.73 Å². The van der Waals surface area contributed by atoms with Gasteiger partial charge in [0, 0.05) is 21.3 Å². The molecule has 21 heavy (non-hydrogen) atoms. The standard InChI is InChI=1S/C18H14BrNO/c1-11-5-4-8-15(17(11)20)18(21)14-9-10-16(19)13-7-3-2-6-12(13)14/h2-10H,20H2,1H3. The molecule has 0 aromatic heterocycles. The second-order valence-electron chi connectivity index (χ2n) is 5.01. The third-order valence-electron chi connectivity index (χ3n) is 3.68. The number of carbonyl (C=O) groups excluding carboxylic acids is 1. The van der Waals surface area contributed by atoms with E-state index in [-0.39, 0.29) is 5.78 Å². The minimum atomic E-state index is -0.0418. The van der Waals surface area contributed by atoms with Crippen LogP contribution in [0, 0.1) is 6.92 Å². The topological polar surface area (TPSA) is 43.1 Å². The SMILES string of the molecule is Cc1cccc(C(=O)c2ccc(Br)c3ccccc23)c1N. The zero-order valence-electron chi connectivity index (χ0n) is 11.6. The fraction of sp³-hybridized carbons (Fsp3) is 0.0556. The molecule has 0 heterocycles. The monoisotopic (exact) mass is 339 g/mol. The molecular weight excluding hydrogens is 326 g/mol. The van der Waals surface area contributed by atoms with E-state index in [1.165, 1.54) is 0 Å². The lowest BCUT2D eigenvalue weighted by Gasteiger charge is -2.10. The third kappa shape index (κ3) is 2.34. The van der Waals surface area contributed by atoms with E-state index in [4.69, 9.17) is 5.73 Å². The number of anilines is 1. The highest BCUT2D eigenvalue weighted by Gasteiger charge is 2.16. The Balaban J connectivity index is 2.23. The normalized spacial score (nSPS) is 10.8. The van der Waals surface area contributed by atoms with Crippen molar-refractivity contribution in [1.82, 2.24) is 0 Å². The fourth-order valence-electron chi connectivity index (χ4n) is 2.48. The summed E-state index contributed by atoms with van der Waals surface area (Å²) in [4.78, 5) is 12.8. The Labute approximate surface area is 131 Å². The van der Waals surface area contributed by atoms with Crippen LogP contribution in [0.4, 0.5) is 5.69 Å². The minimum Gasteiger partial charge on any atom is -0.398 e. The van der Waals surface area contributed by atoms with Crippen molar-refractivity contribution in [3.05, 3.63) is 75.8 Å². The zero-order valence-corrected chi connectivity index (χ0v) is 13.1. The number of benzene rings is 3. The van der Waals surface area contributed by atoms with Crippen molar-refractivity contribution in [2.45, 2.75) is 6.92 Å². The maximum atomic E-state index is 12.8. The molecule has 0 atom stereocenters. The second-order valence-corrected chi connectivity index (χ2v) is 5.86. The molecule has 0 unspecified atom stereocenters.